The van der Waals surface area contributed by atoms with Gasteiger partial charge in [-0.2, -0.15) is 0 Å². The molecule has 1 aliphatic heterocycles. The molecule has 1 fully saturated rings. The fraction of sp³-hybridized carbons (Fsp3) is 0.538. The van der Waals surface area contributed by atoms with Crippen LogP contribution in [-0.4, -0.2) is 33.9 Å². The van der Waals surface area contributed by atoms with Crippen molar-refractivity contribution >= 4 is 5.69 Å². The summed E-state index contributed by atoms with van der Waals surface area (Å²) in [5.74, 6) is 0.478. The fourth-order valence-electron chi connectivity index (χ4n) is 2.30. The zero-order valence-corrected chi connectivity index (χ0v) is 9.91. The van der Waals surface area contributed by atoms with Crippen molar-refractivity contribution in [2.45, 2.75) is 5.92 Å². The molecule has 2 nitrogen and oxygen atoms in total. The van der Waals surface area contributed by atoms with Gasteiger partial charge in [0, 0.05) is 44.7 Å². The van der Waals surface area contributed by atoms with Crippen LogP contribution in [0, 0.1) is 5.92 Å². The van der Waals surface area contributed by atoms with Crippen molar-refractivity contribution in [3.63, 3.8) is 0 Å². The van der Waals surface area contributed by atoms with Crippen LogP contribution in [0.4, 0.5) is 10.1 Å². The number of alkyl halides is 1. The first-order chi connectivity index (χ1) is 7.72. The molecule has 0 unspecified atom stereocenters. The van der Waals surface area contributed by atoms with Crippen LogP contribution in [0.15, 0.2) is 24.3 Å². The van der Waals surface area contributed by atoms with Crippen LogP contribution in [-0.2, 0) is 0 Å². The summed E-state index contributed by atoms with van der Waals surface area (Å²) >= 11 is 0. The molecule has 0 aliphatic carbocycles. The van der Waals surface area contributed by atoms with Crippen LogP contribution in [0.5, 0.6) is 0 Å². The van der Waals surface area contributed by atoms with Crippen LogP contribution in [0.1, 0.15) is 11.5 Å². The third-order valence-electron chi connectivity index (χ3n) is 3.38. The molecule has 0 saturated carbocycles. The van der Waals surface area contributed by atoms with E-state index in [4.69, 9.17) is 0 Å². The number of hydrogen-bond donors (Lipinski definition) is 1. The minimum absolute atomic E-state index is 0.144. The second-order valence-corrected chi connectivity index (χ2v) is 4.67. The molecule has 1 aromatic carbocycles. The van der Waals surface area contributed by atoms with Gasteiger partial charge >= 0.3 is 0 Å². The van der Waals surface area contributed by atoms with E-state index in [0.29, 0.717) is 5.92 Å². The van der Waals surface area contributed by atoms with E-state index in [1.807, 2.05) is 14.1 Å². The Kier molecular flexibility index (Phi) is 3.44. The van der Waals surface area contributed by atoms with Gasteiger partial charge in [-0.25, -0.2) is 0 Å². The highest BCUT2D eigenvalue weighted by molar-refractivity contribution is 5.46. The minimum Gasteiger partial charge on any atom is -0.378 e. The van der Waals surface area contributed by atoms with Gasteiger partial charge < -0.3 is 10.2 Å². The Labute approximate surface area is 96.5 Å². The first kappa shape index (κ1) is 11.4. The standard InChI is InChI=1S/C13H19FN2/c1-16(2)12-5-3-10(4-6-12)13-9-15-8-11(13)7-14/h3-6,11,13,15H,7-9H2,1-2H3/t11-,13-/m0/s1. The number of nitrogens with one attached hydrogen (secondary N) is 1. The van der Waals surface area contributed by atoms with Gasteiger partial charge in [0.15, 0.2) is 0 Å². The molecule has 0 spiro atoms. The number of hydrogen-bond acceptors (Lipinski definition) is 2. The van der Waals surface area contributed by atoms with Gasteiger partial charge in [0.25, 0.3) is 0 Å². The minimum atomic E-state index is -0.229. The third-order valence-corrected chi connectivity index (χ3v) is 3.38. The predicted octanol–water partition coefficient (Wildman–Crippen LogP) is 2.03. The summed E-state index contributed by atoms with van der Waals surface area (Å²) in [6.07, 6.45) is 0. The lowest BCUT2D eigenvalue weighted by molar-refractivity contribution is 0.358. The molecule has 88 valence electrons. The molecular weight excluding hydrogens is 203 g/mol. The maximum Gasteiger partial charge on any atom is 0.0941 e. The summed E-state index contributed by atoms with van der Waals surface area (Å²) in [7, 11) is 4.05. The van der Waals surface area contributed by atoms with Crippen molar-refractivity contribution in [3.8, 4) is 0 Å². The van der Waals surface area contributed by atoms with E-state index in [1.54, 1.807) is 0 Å². The van der Waals surface area contributed by atoms with Crippen LogP contribution in [0.3, 0.4) is 0 Å². The van der Waals surface area contributed by atoms with Crippen LogP contribution >= 0.6 is 0 Å². The Bertz CT molecular complexity index is 334. The summed E-state index contributed by atoms with van der Waals surface area (Å²) in [5.41, 5.74) is 2.43. The molecule has 0 aromatic heterocycles. The second kappa shape index (κ2) is 4.83. The number of anilines is 1. The van der Waals surface area contributed by atoms with Crippen molar-refractivity contribution in [1.29, 1.82) is 0 Å². The Morgan fingerprint density at radius 2 is 1.94 bits per heavy atom. The van der Waals surface area contributed by atoms with Gasteiger partial charge in [0.05, 0.1) is 6.67 Å². The van der Waals surface area contributed by atoms with Crippen molar-refractivity contribution < 1.29 is 4.39 Å². The SMILES string of the molecule is CN(C)c1ccc([C@@H]2CNC[C@@H]2CF)cc1. The highest BCUT2D eigenvalue weighted by atomic mass is 19.1. The lowest BCUT2D eigenvalue weighted by atomic mass is 9.90. The molecule has 1 aliphatic rings. The lowest BCUT2D eigenvalue weighted by Crippen LogP contribution is -2.13. The molecule has 1 heterocycles. The van der Waals surface area contributed by atoms with Crippen LogP contribution < -0.4 is 10.2 Å². The van der Waals surface area contributed by atoms with Crippen LogP contribution in [0.25, 0.3) is 0 Å². The van der Waals surface area contributed by atoms with E-state index in [-0.39, 0.29) is 12.6 Å². The van der Waals surface area contributed by atoms with E-state index >= 15 is 0 Å². The van der Waals surface area contributed by atoms with Gasteiger partial charge in [0.1, 0.15) is 0 Å². The van der Waals surface area contributed by atoms with Gasteiger partial charge in [0.2, 0.25) is 0 Å². The quantitative estimate of drug-likeness (QED) is 0.841. The normalized spacial score (nSPS) is 24.7. The zero-order chi connectivity index (χ0) is 11.5. The van der Waals surface area contributed by atoms with Crippen molar-refractivity contribution in [3.05, 3.63) is 29.8 Å². The fourth-order valence-corrected chi connectivity index (χ4v) is 2.30. The average molecular weight is 222 g/mol. The topological polar surface area (TPSA) is 15.3 Å². The van der Waals surface area contributed by atoms with Crippen LogP contribution in [0.2, 0.25) is 0 Å². The lowest BCUT2D eigenvalue weighted by Gasteiger charge is -2.18. The van der Waals surface area contributed by atoms with E-state index < -0.39 is 0 Å². The number of benzene rings is 1. The number of halogens is 1. The molecule has 0 amide bonds. The zero-order valence-electron chi connectivity index (χ0n) is 9.91. The van der Waals surface area contributed by atoms with Gasteiger partial charge in [-0.3, -0.25) is 4.39 Å². The summed E-state index contributed by atoms with van der Waals surface area (Å²) < 4.78 is 12.8. The van der Waals surface area contributed by atoms with Crippen molar-refractivity contribution in [2.75, 3.05) is 38.8 Å². The first-order valence-corrected chi connectivity index (χ1v) is 5.76. The molecule has 2 rings (SSSR count). The Morgan fingerprint density at radius 3 is 2.50 bits per heavy atom. The molecule has 1 saturated heterocycles. The molecule has 2 atom stereocenters. The smallest absolute Gasteiger partial charge is 0.0941 e. The molecule has 1 N–H and O–H groups in total. The summed E-state index contributed by atoms with van der Waals surface area (Å²) in [6.45, 7) is 1.47. The molecular formula is C13H19FN2. The Balaban J connectivity index is 2.15. The summed E-state index contributed by atoms with van der Waals surface area (Å²) in [6, 6.07) is 8.44. The number of nitrogens with zero attached hydrogens (tertiary/aromatic N) is 1. The predicted molar refractivity (Wildman–Crippen MR) is 65.8 cm³/mol. The van der Waals surface area contributed by atoms with Crippen molar-refractivity contribution in [2.24, 2.45) is 5.92 Å². The van der Waals surface area contributed by atoms with Gasteiger partial charge in [-0.1, -0.05) is 12.1 Å². The number of rotatable bonds is 3. The molecule has 0 bridgehead atoms. The third kappa shape index (κ3) is 2.19. The summed E-state index contributed by atoms with van der Waals surface area (Å²) in [4.78, 5) is 2.07. The highest BCUT2D eigenvalue weighted by Gasteiger charge is 2.28. The Morgan fingerprint density at radius 1 is 1.25 bits per heavy atom. The van der Waals surface area contributed by atoms with E-state index in [9.17, 15) is 4.39 Å². The highest BCUT2D eigenvalue weighted by Crippen LogP contribution is 2.29. The molecule has 3 heteroatoms. The maximum atomic E-state index is 12.8. The average Bonchev–Trinajstić information content (AvgIpc) is 2.77. The second-order valence-electron chi connectivity index (χ2n) is 4.67. The summed E-state index contributed by atoms with van der Waals surface area (Å²) in [5, 5.41) is 3.26. The molecule has 0 radical (unpaired) electrons. The van der Waals surface area contributed by atoms with Crippen molar-refractivity contribution in [1.82, 2.24) is 5.32 Å². The Hall–Kier alpha value is -1.09. The van der Waals surface area contributed by atoms with E-state index in [1.165, 1.54) is 11.3 Å². The first-order valence-electron chi connectivity index (χ1n) is 5.76. The monoisotopic (exact) mass is 222 g/mol. The van der Waals surface area contributed by atoms with Gasteiger partial charge in [-0.15, -0.1) is 0 Å². The maximum absolute atomic E-state index is 12.8. The van der Waals surface area contributed by atoms with Gasteiger partial charge in [-0.05, 0) is 17.7 Å². The molecule has 1 aromatic rings. The largest absolute Gasteiger partial charge is 0.378 e. The van der Waals surface area contributed by atoms with E-state index in [2.05, 4.69) is 34.5 Å². The molecule has 16 heavy (non-hydrogen) atoms. The van der Waals surface area contributed by atoms with E-state index in [0.717, 1.165) is 13.1 Å².